The number of ketones is 1. The summed E-state index contributed by atoms with van der Waals surface area (Å²) >= 11 is 0. The SMILES string of the molecule is O=C(O)CCC(=O)c1ccc(C(O)C(O)CCNC(=O)OCC2c3ccccc3-c3ccccc32)cc1. The lowest BCUT2D eigenvalue weighted by Crippen LogP contribution is -2.30. The van der Waals surface area contributed by atoms with Crippen molar-refractivity contribution in [3.8, 4) is 11.1 Å². The highest BCUT2D eigenvalue weighted by Crippen LogP contribution is 2.44. The largest absolute Gasteiger partial charge is 0.481 e. The average molecular weight is 504 g/mol. The lowest BCUT2D eigenvalue weighted by Gasteiger charge is -2.19. The summed E-state index contributed by atoms with van der Waals surface area (Å²) in [4.78, 5) is 34.9. The Hall–Kier alpha value is -4.01. The van der Waals surface area contributed by atoms with E-state index in [1.165, 1.54) is 24.3 Å². The van der Waals surface area contributed by atoms with Gasteiger partial charge in [-0.3, -0.25) is 9.59 Å². The number of carbonyl (C=O) groups is 3. The predicted octanol–water partition coefficient (Wildman–Crippen LogP) is 4.06. The minimum atomic E-state index is -1.22. The number of nitrogens with one attached hydrogen (secondary N) is 1. The van der Waals surface area contributed by atoms with E-state index in [-0.39, 0.29) is 44.1 Å². The maximum absolute atomic E-state index is 12.3. The van der Waals surface area contributed by atoms with Crippen molar-refractivity contribution in [2.24, 2.45) is 0 Å². The lowest BCUT2D eigenvalue weighted by atomic mass is 9.98. The molecule has 0 aliphatic heterocycles. The highest BCUT2D eigenvalue weighted by Gasteiger charge is 2.29. The summed E-state index contributed by atoms with van der Waals surface area (Å²) in [5, 5.41) is 32.1. The first-order valence-corrected chi connectivity index (χ1v) is 12.1. The van der Waals surface area contributed by atoms with Crippen LogP contribution in [-0.4, -0.2) is 52.4 Å². The Morgan fingerprint density at radius 1 is 0.838 bits per heavy atom. The number of aliphatic hydroxyl groups excluding tert-OH is 2. The Balaban J connectivity index is 1.23. The highest BCUT2D eigenvalue weighted by atomic mass is 16.5. The smallest absolute Gasteiger partial charge is 0.407 e. The minimum absolute atomic E-state index is 0.0513. The maximum Gasteiger partial charge on any atom is 0.407 e. The minimum Gasteiger partial charge on any atom is -0.481 e. The van der Waals surface area contributed by atoms with Crippen LogP contribution in [0.4, 0.5) is 4.79 Å². The Bertz CT molecular complexity index is 1230. The number of ether oxygens (including phenoxy) is 1. The first kappa shape index (κ1) is 26.1. The van der Waals surface area contributed by atoms with E-state index in [0.717, 1.165) is 22.3 Å². The average Bonchev–Trinajstić information content (AvgIpc) is 3.23. The van der Waals surface area contributed by atoms with Gasteiger partial charge in [0.1, 0.15) is 12.7 Å². The molecule has 0 saturated heterocycles. The van der Waals surface area contributed by atoms with Gasteiger partial charge in [0.2, 0.25) is 0 Å². The first-order chi connectivity index (χ1) is 17.8. The molecule has 3 aromatic rings. The molecule has 37 heavy (non-hydrogen) atoms. The summed E-state index contributed by atoms with van der Waals surface area (Å²) in [5.41, 5.74) is 5.25. The van der Waals surface area contributed by atoms with E-state index in [1.807, 2.05) is 36.4 Å². The second-order valence-corrected chi connectivity index (χ2v) is 8.99. The molecule has 0 saturated carbocycles. The first-order valence-electron chi connectivity index (χ1n) is 12.1. The molecule has 0 spiro atoms. The van der Waals surface area contributed by atoms with E-state index >= 15 is 0 Å². The van der Waals surface area contributed by atoms with Gasteiger partial charge in [-0.2, -0.15) is 0 Å². The highest BCUT2D eigenvalue weighted by molar-refractivity contribution is 5.97. The zero-order valence-corrected chi connectivity index (χ0v) is 20.2. The van der Waals surface area contributed by atoms with E-state index in [9.17, 15) is 24.6 Å². The lowest BCUT2D eigenvalue weighted by molar-refractivity contribution is -0.136. The van der Waals surface area contributed by atoms with Crippen LogP contribution < -0.4 is 5.32 Å². The molecule has 3 aromatic carbocycles. The van der Waals surface area contributed by atoms with Crippen LogP contribution in [0.15, 0.2) is 72.8 Å². The summed E-state index contributed by atoms with van der Waals surface area (Å²) < 4.78 is 5.47. The molecule has 2 atom stereocenters. The van der Waals surface area contributed by atoms with Crippen LogP contribution in [0.5, 0.6) is 0 Å². The number of aliphatic hydroxyl groups is 2. The summed E-state index contributed by atoms with van der Waals surface area (Å²) in [6.07, 6.45) is -3.24. The molecule has 8 nitrogen and oxygen atoms in total. The van der Waals surface area contributed by atoms with Crippen molar-refractivity contribution >= 4 is 17.8 Å². The normalized spacial score (nSPS) is 13.8. The van der Waals surface area contributed by atoms with Crippen molar-refractivity contribution < 1.29 is 34.4 Å². The number of Topliss-reactive ketones (excluding diaryl/α,β-unsaturated/α-hetero) is 1. The van der Waals surface area contributed by atoms with Crippen molar-refractivity contribution in [1.29, 1.82) is 0 Å². The van der Waals surface area contributed by atoms with Crippen LogP contribution in [0.2, 0.25) is 0 Å². The Labute approximate surface area is 214 Å². The number of amides is 1. The van der Waals surface area contributed by atoms with Crippen LogP contribution >= 0.6 is 0 Å². The molecule has 0 radical (unpaired) electrons. The van der Waals surface area contributed by atoms with Gasteiger partial charge in [0.15, 0.2) is 5.78 Å². The predicted molar refractivity (Wildman–Crippen MR) is 136 cm³/mol. The molecule has 4 rings (SSSR count). The molecular formula is C29H29NO7. The summed E-state index contributed by atoms with van der Waals surface area (Å²) in [5.74, 6) is -1.41. The fourth-order valence-electron chi connectivity index (χ4n) is 4.58. The summed E-state index contributed by atoms with van der Waals surface area (Å²) in [7, 11) is 0. The molecule has 192 valence electrons. The second kappa shape index (κ2) is 11.8. The molecule has 8 heteroatoms. The van der Waals surface area contributed by atoms with Crippen LogP contribution in [-0.2, 0) is 9.53 Å². The van der Waals surface area contributed by atoms with E-state index in [1.54, 1.807) is 0 Å². The number of carboxylic acids is 1. The molecule has 1 amide bonds. The number of rotatable bonds is 11. The van der Waals surface area contributed by atoms with Gasteiger partial charge in [0.25, 0.3) is 0 Å². The fourth-order valence-corrected chi connectivity index (χ4v) is 4.58. The molecule has 2 unspecified atom stereocenters. The molecule has 0 bridgehead atoms. The summed E-state index contributed by atoms with van der Waals surface area (Å²) in [6.45, 7) is 0.281. The third-order valence-electron chi connectivity index (χ3n) is 6.56. The Kier molecular flexibility index (Phi) is 8.32. The standard InChI is InChI=1S/C29H29NO7/c31-25(13-14-27(33)34)18-9-11-19(12-10-18)28(35)26(32)15-16-30-29(36)37-17-24-22-7-3-1-5-20(22)21-6-2-4-8-23(21)24/h1-12,24,26,28,32,35H,13-17H2,(H,30,36)(H,33,34). The Morgan fingerprint density at radius 3 is 2.03 bits per heavy atom. The Morgan fingerprint density at radius 2 is 1.43 bits per heavy atom. The van der Waals surface area contributed by atoms with Crippen LogP contribution in [0.25, 0.3) is 11.1 Å². The van der Waals surface area contributed by atoms with Crippen molar-refractivity contribution in [3.63, 3.8) is 0 Å². The van der Waals surface area contributed by atoms with Gasteiger partial charge >= 0.3 is 12.1 Å². The van der Waals surface area contributed by atoms with Gasteiger partial charge in [-0.05, 0) is 34.2 Å². The van der Waals surface area contributed by atoms with Gasteiger partial charge in [0, 0.05) is 24.4 Å². The van der Waals surface area contributed by atoms with Gasteiger partial charge in [-0.1, -0.05) is 72.8 Å². The van der Waals surface area contributed by atoms with E-state index < -0.39 is 24.3 Å². The molecule has 0 fully saturated rings. The van der Waals surface area contributed by atoms with Gasteiger partial charge in [0.05, 0.1) is 12.5 Å². The van der Waals surface area contributed by atoms with Gasteiger partial charge in [-0.25, -0.2) is 4.79 Å². The molecule has 1 aliphatic rings. The number of hydrogen-bond donors (Lipinski definition) is 4. The monoisotopic (exact) mass is 503 g/mol. The number of alkyl carbamates (subject to hydrolysis) is 1. The van der Waals surface area contributed by atoms with Crippen molar-refractivity contribution in [2.45, 2.75) is 37.4 Å². The second-order valence-electron chi connectivity index (χ2n) is 8.99. The maximum atomic E-state index is 12.3. The van der Waals surface area contributed by atoms with Crippen LogP contribution in [0.1, 0.15) is 58.3 Å². The van der Waals surface area contributed by atoms with Gasteiger partial charge in [-0.15, -0.1) is 0 Å². The van der Waals surface area contributed by atoms with E-state index in [4.69, 9.17) is 9.84 Å². The number of aliphatic carboxylic acids is 1. The quantitative estimate of drug-likeness (QED) is 0.290. The summed E-state index contributed by atoms with van der Waals surface area (Å²) in [6, 6.07) is 22.1. The number of hydrogen-bond acceptors (Lipinski definition) is 6. The number of carboxylic acid groups (broad SMARTS) is 1. The number of benzene rings is 3. The number of carbonyl (C=O) groups excluding carboxylic acids is 2. The zero-order chi connectivity index (χ0) is 26.4. The van der Waals surface area contributed by atoms with E-state index in [0.29, 0.717) is 11.1 Å². The van der Waals surface area contributed by atoms with Gasteiger partial charge < -0.3 is 25.4 Å². The van der Waals surface area contributed by atoms with Crippen molar-refractivity contribution in [1.82, 2.24) is 5.32 Å². The van der Waals surface area contributed by atoms with Crippen molar-refractivity contribution in [3.05, 3.63) is 95.1 Å². The molecule has 0 heterocycles. The molecule has 0 aromatic heterocycles. The molecule has 1 aliphatic carbocycles. The zero-order valence-electron chi connectivity index (χ0n) is 20.2. The van der Waals surface area contributed by atoms with Crippen molar-refractivity contribution in [2.75, 3.05) is 13.2 Å². The topological polar surface area (TPSA) is 133 Å². The third kappa shape index (κ3) is 6.22. The van der Waals surface area contributed by atoms with Crippen LogP contribution in [0.3, 0.4) is 0 Å². The molecule has 4 N–H and O–H groups in total. The van der Waals surface area contributed by atoms with Crippen LogP contribution in [0, 0.1) is 0 Å². The molecular weight excluding hydrogens is 474 g/mol. The fraction of sp³-hybridized carbons (Fsp3) is 0.276. The number of fused-ring (bicyclic) bond motifs is 3. The third-order valence-corrected chi connectivity index (χ3v) is 6.56. The van der Waals surface area contributed by atoms with E-state index in [2.05, 4.69) is 17.4 Å².